The fourth-order valence-electron chi connectivity index (χ4n) is 0.812. The van der Waals surface area contributed by atoms with Gasteiger partial charge >= 0.3 is 0 Å². The summed E-state index contributed by atoms with van der Waals surface area (Å²) in [4.78, 5) is 0. The molecule has 0 radical (unpaired) electrons. The van der Waals surface area contributed by atoms with Crippen LogP contribution in [0.5, 0.6) is 0 Å². The van der Waals surface area contributed by atoms with Gasteiger partial charge in [0.2, 0.25) is 5.22 Å². The van der Waals surface area contributed by atoms with E-state index in [0.717, 1.165) is 0 Å². The quantitative estimate of drug-likeness (QED) is 0.673. The Morgan fingerprint density at radius 2 is 2.25 bits per heavy atom. The second-order valence-electron chi connectivity index (χ2n) is 2.13. The molecule has 2 rings (SSSR count). The molecule has 2 heterocycles. The highest BCUT2D eigenvalue weighted by molar-refractivity contribution is 6.29. The van der Waals surface area contributed by atoms with Gasteiger partial charge in [0.15, 0.2) is 0 Å². The van der Waals surface area contributed by atoms with E-state index in [0.29, 0.717) is 11.4 Å². The lowest BCUT2D eigenvalue weighted by Crippen LogP contribution is -1.84. The minimum Gasteiger partial charge on any atom is -0.344 e. The SMILES string of the molecule is Clc1cc(-c2cccnn2)no1. The molecule has 60 valence electrons. The normalized spacial score (nSPS) is 10.1. The molecule has 0 amide bonds. The number of nitrogens with zero attached hydrogens (tertiary/aromatic N) is 3. The molecule has 0 saturated heterocycles. The molecule has 0 saturated carbocycles. The fraction of sp³-hybridized carbons (Fsp3) is 0. The van der Waals surface area contributed by atoms with E-state index in [1.807, 2.05) is 0 Å². The Kier molecular flexibility index (Phi) is 1.75. The molecular formula is C7H4ClN3O. The van der Waals surface area contributed by atoms with Gasteiger partial charge in [-0.15, -0.1) is 5.10 Å². The van der Waals surface area contributed by atoms with Crippen molar-refractivity contribution in [3.05, 3.63) is 29.6 Å². The van der Waals surface area contributed by atoms with Crippen molar-refractivity contribution < 1.29 is 4.52 Å². The third-order valence-corrected chi connectivity index (χ3v) is 1.49. The zero-order valence-electron chi connectivity index (χ0n) is 5.94. The number of halogens is 1. The van der Waals surface area contributed by atoms with Crippen LogP contribution in [0, 0.1) is 0 Å². The van der Waals surface area contributed by atoms with Crippen LogP contribution in [0.3, 0.4) is 0 Å². The molecule has 0 aliphatic carbocycles. The van der Waals surface area contributed by atoms with Crippen LogP contribution in [0.2, 0.25) is 5.22 Å². The van der Waals surface area contributed by atoms with E-state index in [9.17, 15) is 0 Å². The average Bonchev–Trinajstić information content (AvgIpc) is 2.54. The van der Waals surface area contributed by atoms with E-state index < -0.39 is 0 Å². The Morgan fingerprint density at radius 1 is 1.33 bits per heavy atom. The highest BCUT2D eigenvalue weighted by Gasteiger charge is 2.04. The highest BCUT2D eigenvalue weighted by atomic mass is 35.5. The van der Waals surface area contributed by atoms with E-state index in [4.69, 9.17) is 11.6 Å². The van der Waals surface area contributed by atoms with E-state index in [-0.39, 0.29) is 5.22 Å². The van der Waals surface area contributed by atoms with Crippen LogP contribution < -0.4 is 0 Å². The third-order valence-electron chi connectivity index (χ3n) is 1.32. The second-order valence-corrected chi connectivity index (χ2v) is 2.50. The van der Waals surface area contributed by atoms with Gasteiger partial charge in [-0.2, -0.15) is 5.10 Å². The first-order valence-electron chi connectivity index (χ1n) is 3.26. The Morgan fingerprint density at radius 3 is 2.83 bits per heavy atom. The lowest BCUT2D eigenvalue weighted by atomic mass is 10.3. The maximum Gasteiger partial charge on any atom is 0.226 e. The van der Waals surface area contributed by atoms with Crippen molar-refractivity contribution in [1.82, 2.24) is 15.4 Å². The largest absolute Gasteiger partial charge is 0.344 e. The molecule has 0 spiro atoms. The van der Waals surface area contributed by atoms with E-state index in [1.165, 1.54) is 0 Å². The Hall–Kier alpha value is -1.42. The standard InChI is InChI=1S/C7H4ClN3O/c8-7-4-6(11-12-7)5-2-1-3-9-10-5/h1-4H. The molecule has 0 unspecified atom stereocenters. The monoisotopic (exact) mass is 181 g/mol. The van der Waals surface area contributed by atoms with Crippen LogP contribution >= 0.6 is 11.6 Å². The third kappa shape index (κ3) is 1.29. The first kappa shape index (κ1) is 7.24. The van der Waals surface area contributed by atoms with Crippen molar-refractivity contribution in [2.24, 2.45) is 0 Å². The van der Waals surface area contributed by atoms with Crippen molar-refractivity contribution in [2.45, 2.75) is 0 Å². The molecule has 4 nitrogen and oxygen atoms in total. The molecule has 0 N–H and O–H groups in total. The molecule has 2 aromatic rings. The summed E-state index contributed by atoms with van der Waals surface area (Å²) >= 11 is 5.53. The number of aromatic nitrogens is 3. The van der Waals surface area contributed by atoms with Gasteiger partial charge < -0.3 is 4.52 Å². The summed E-state index contributed by atoms with van der Waals surface area (Å²) < 4.78 is 4.67. The van der Waals surface area contributed by atoms with Crippen LogP contribution in [-0.2, 0) is 0 Å². The summed E-state index contributed by atoms with van der Waals surface area (Å²) in [6.45, 7) is 0. The van der Waals surface area contributed by atoms with Crippen LogP contribution in [0.1, 0.15) is 0 Å². The van der Waals surface area contributed by atoms with Crippen molar-refractivity contribution >= 4 is 11.6 Å². The average molecular weight is 182 g/mol. The van der Waals surface area contributed by atoms with Crippen molar-refractivity contribution in [3.8, 4) is 11.4 Å². The van der Waals surface area contributed by atoms with Gasteiger partial charge in [0.25, 0.3) is 0 Å². The minimum atomic E-state index is 0.246. The van der Waals surface area contributed by atoms with Gasteiger partial charge in [-0.1, -0.05) is 5.16 Å². The molecule has 0 aromatic carbocycles. The molecule has 5 heteroatoms. The second kappa shape index (κ2) is 2.91. The zero-order chi connectivity index (χ0) is 8.39. The Balaban J connectivity index is 2.45. The van der Waals surface area contributed by atoms with E-state index >= 15 is 0 Å². The number of hydrogen-bond donors (Lipinski definition) is 0. The number of hydrogen-bond acceptors (Lipinski definition) is 4. The van der Waals surface area contributed by atoms with Crippen molar-refractivity contribution in [1.29, 1.82) is 0 Å². The zero-order valence-corrected chi connectivity index (χ0v) is 6.69. The van der Waals surface area contributed by atoms with Gasteiger partial charge in [-0.25, -0.2) is 0 Å². The Bertz CT molecular complexity index is 373. The predicted molar refractivity (Wildman–Crippen MR) is 42.5 cm³/mol. The number of rotatable bonds is 1. The topological polar surface area (TPSA) is 51.8 Å². The van der Waals surface area contributed by atoms with Gasteiger partial charge in [0.05, 0.1) is 0 Å². The minimum absolute atomic E-state index is 0.246. The summed E-state index contributed by atoms with van der Waals surface area (Å²) in [7, 11) is 0. The molecule has 12 heavy (non-hydrogen) atoms. The molecule has 0 atom stereocenters. The van der Waals surface area contributed by atoms with Crippen LogP contribution in [0.4, 0.5) is 0 Å². The molecular weight excluding hydrogens is 178 g/mol. The van der Waals surface area contributed by atoms with Crippen molar-refractivity contribution in [3.63, 3.8) is 0 Å². The summed E-state index contributed by atoms with van der Waals surface area (Å²) in [6.07, 6.45) is 1.59. The van der Waals surface area contributed by atoms with Crippen LogP contribution in [-0.4, -0.2) is 15.4 Å². The molecule has 2 aromatic heterocycles. The first-order chi connectivity index (χ1) is 5.86. The molecule has 0 bridgehead atoms. The lowest BCUT2D eigenvalue weighted by Gasteiger charge is -1.88. The van der Waals surface area contributed by atoms with E-state index in [2.05, 4.69) is 19.9 Å². The predicted octanol–water partition coefficient (Wildman–Crippen LogP) is 1.78. The summed E-state index contributed by atoms with van der Waals surface area (Å²) in [6, 6.07) is 5.14. The summed E-state index contributed by atoms with van der Waals surface area (Å²) in [5.74, 6) is 0. The van der Waals surface area contributed by atoms with Gasteiger partial charge in [-0.3, -0.25) is 0 Å². The lowest BCUT2D eigenvalue weighted by molar-refractivity contribution is 0.424. The van der Waals surface area contributed by atoms with Crippen molar-refractivity contribution in [2.75, 3.05) is 0 Å². The van der Waals surface area contributed by atoms with E-state index in [1.54, 1.807) is 24.4 Å². The Labute approximate surface area is 73.2 Å². The summed E-state index contributed by atoms with van der Waals surface area (Å²) in [5, 5.41) is 11.4. The maximum atomic E-state index is 5.53. The smallest absolute Gasteiger partial charge is 0.226 e. The van der Waals surface area contributed by atoms with Gasteiger partial charge in [0, 0.05) is 12.3 Å². The van der Waals surface area contributed by atoms with Gasteiger partial charge in [0.1, 0.15) is 11.4 Å². The highest BCUT2D eigenvalue weighted by Crippen LogP contribution is 2.18. The maximum absolute atomic E-state index is 5.53. The van der Waals surface area contributed by atoms with Crippen LogP contribution in [0.25, 0.3) is 11.4 Å². The molecule has 0 fully saturated rings. The van der Waals surface area contributed by atoms with Crippen LogP contribution in [0.15, 0.2) is 28.9 Å². The van der Waals surface area contributed by atoms with Gasteiger partial charge in [-0.05, 0) is 23.7 Å². The summed E-state index contributed by atoms with van der Waals surface area (Å²) in [5.41, 5.74) is 1.24. The molecule has 0 aliphatic rings. The molecule has 0 aliphatic heterocycles. The fourth-order valence-corrected chi connectivity index (χ4v) is 0.950. The first-order valence-corrected chi connectivity index (χ1v) is 3.64.